The summed E-state index contributed by atoms with van der Waals surface area (Å²) in [6, 6.07) is 1.07. The highest BCUT2D eigenvalue weighted by Gasteiger charge is 2.27. The van der Waals surface area contributed by atoms with Crippen LogP contribution < -0.4 is 5.73 Å². The van der Waals surface area contributed by atoms with E-state index in [1.165, 1.54) is 31.5 Å². The van der Waals surface area contributed by atoms with Crippen LogP contribution in [0, 0.1) is 5.92 Å². The molecule has 2 N–H and O–H groups in total. The van der Waals surface area contributed by atoms with Gasteiger partial charge in [0.15, 0.2) is 0 Å². The molecule has 3 rings (SSSR count). The van der Waals surface area contributed by atoms with E-state index in [0.29, 0.717) is 6.04 Å². The van der Waals surface area contributed by atoms with Crippen molar-refractivity contribution >= 4 is 0 Å². The maximum atomic E-state index is 6.09. The second kappa shape index (κ2) is 4.42. The number of nitrogens with two attached hydrogens (primary N) is 1. The summed E-state index contributed by atoms with van der Waals surface area (Å²) >= 11 is 0. The van der Waals surface area contributed by atoms with Gasteiger partial charge in [0.25, 0.3) is 0 Å². The minimum Gasteiger partial charge on any atom is -0.330 e. The molecule has 1 aliphatic carbocycles. The summed E-state index contributed by atoms with van der Waals surface area (Å²) in [6.07, 6.45) is 7.81. The third-order valence-electron chi connectivity index (χ3n) is 3.84. The van der Waals surface area contributed by atoms with Crippen LogP contribution >= 0.6 is 0 Å². The van der Waals surface area contributed by atoms with E-state index in [-0.39, 0.29) is 0 Å². The van der Waals surface area contributed by atoms with Crippen molar-refractivity contribution in [3.05, 3.63) is 18.2 Å². The first-order valence-electron chi connectivity index (χ1n) is 6.71. The molecule has 1 aromatic rings. The molecule has 4 heteroatoms. The predicted molar refractivity (Wildman–Crippen MR) is 67.5 cm³/mol. The molecular formula is C13H22N4. The third-order valence-corrected chi connectivity index (χ3v) is 3.84. The Labute approximate surface area is 103 Å². The number of nitrogens with zero attached hydrogens (tertiary/aromatic N) is 3. The van der Waals surface area contributed by atoms with Crippen molar-refractivity contribution in [2.45, 2.75) is 44.8 Å². The number of rotatable bonds is 3. The summed E-state index contributed by atoms with van der Waals surface area (Å²) in [6.45, 7) is 5.50. The van der Waals surface area contributed by atoms with E-state index in [4.69, 9.17) is 5.73 Å². The van der Waals surface area contributed by atoms with E-state index in [0.717, 1.165) is 25.0 Å². The lowest BCUT2D eigenvalue weighted by Crippen LogP contribution is -2.46. The maximum Gasteiger partial charge on any atom is 0.0951 e. The minimum atomic E-state index is 0.344. The standard InChI is InChI=1S/C13H22N4/c1-10-4-11(14)7-16(6-10)8-13-5-15-9-17(13)12-2-3-12/h5,9-12H,2-4,6-8,14H2,1H3. The van der Waals surface area contributed by atoms with Gasteiger partial charge in [-0.15, -0.1) is 0 Å². The summed E-state index contributed by atoms with van der Waals surface area (Å²) in [5.74, 6) is 0.719. The fourth-order valence-corrected chi connectivity index (χ4v) is 3.01. The Hall–Kier alpha value is -0.870. The van der Waals surface area contributed by atoms with Crippen molar-refractivity contribution in [2.75, 3.05) is 13.1 Å². The van der Waals surface area contributed by atoms with Crippen LogP contribution in [-0.2, 0) is 6.54 Å². The van der Waals surface area contributed by atoms with Crippen LogP contribution in [0.1, 0.15) is 37.9 Å². The Morgan fingerprint density at radius 2 is 2.24 bits per heavy atom. The molecule has 17 heavy (non-hydrogen) atoms. The van der Waals surface area contributed by atoms with Gasteiger partial charge in [-0.2, -0.15) is 0 Å². The molecule has 4 nitrogen and oxygen atoms in total. The molecule has 2 aliphatic rings. The number of aromatic nitrogens is 2. The summed E-state index contributed by atoms with van der Waals surface area (Å²) in [4.78, 5) is 6.77. The Morgan fingerprint density at radius 3 is 2.94 bits per heavy atom. The van der Waals surface area contributed by atoms with E-state index in [9.17, 15) is 0 Å². The number of hydrogen-bond acceptors (Lipinski definition) is 3. The number of piperidine rings is 1. The lowest BCUT2D eigenvalue weighted by atomic mass is 9.96. The van der Waals surface area contributed by atoms with Gasteiger partial charge in [-0.05, 0) is 25.2 Å². The maximum absolute atomic E-state index is 6.09. The van der Waals surface area contributed by atoms with Crippen molar-refractivity contribution in [3.8, 4) is 0 Å². The lowest BCUT2D eigenvalue weighted by Gasteiger charge is -2.34. The predicted octanol–water partition coefficient (Wildman–Crippen LogP) is 1.39. The van der Waals surface area contributed by atoms with Crippen LogP contribution in [0.4, 0.5) is 0 Å². The molecule has 1 aliphatic heterocycles. The van der Waals surface area contributed by atoms with E-state index >= 15 is 0 Å². The first-order valence-corrected chi connectivity index (χ1v) is 6.71. The van der Waals surface area contributed by atoms with Crippen molar-refractivity contribution in [1.29, 1.82) is 0 Å². The Balaban J connectivity index is 1.67. The van der Waals surface area contributed by atoms with Gasteiger partial charge in [0.1, 0.15) is 0 Å². The van der Waals surface area contributed by atoms with E-state index in [2.05, 4.69) is 21.4 Å². The lowest BCUT2D eigenvalue weighted by molar-refractivity contribution is 0.155. The number of imidazole rings is 1. The molecule has 0 amide bonds. The number of hydrogen-bond donors (Lipinski definition) is 1. The highest BCUT2D eigenvalue weighted by atomic mass is 15.2. The van der Waals surface area contributed by atoms with Crippen LogP contribution in [-0.4, -0.2) is 33.6 Å². The van der Waals surface area contributed by atoms with Crippen LogP contribution in [0.3, 0.4) is 0 Å². The number of likely N-dealkylation sites (tertiary alicyclic amines) is 1. The van der Waals surface area contributed by atoms with Crippen LogP contribution in [0.5, 0.6) is 0 Å². The minimum absolute atomic E-state index is 0.344. The van der Waals surface area contributed by atoms with Gasteiger partial charge in [0.05, 0.1) is 12.0 Å². The first-order chi connectivity index (χ1) is 8.22. The highest BCUT2D eigenvalue weighted by Crippen LogP contribution is 2.36. The molecule has 2 fully saturated rings. The largest absolute Gasteiger partial charge is 0.330 e. The van der Waals surface area contributed by atoms with Gasteiger partial charge in [-0.25, -0.2) is 4.98 Å². The molecule has 0 bridgehead atoms. The zero-order valence-corrected chi connectivity index (χ0v) is 10.5. The van der Waals surface area contributed by atoms with Crippen molar-refractivity contribution < 1.29 is 0 Å². The second-order valence-electron chi connectivity index (χ2n) is 5.82. The molecule has 1 aromatic heterocycles. The topological polar surface area (TPSA) is 47.1 Å². The summed E-state index contributed by atoms with van der Waals surface area (Å²) in [7, 11) is 0. The molecular weight excluding hydrogens is 212 g/mol. The monoisotopic (exact) mass is 234 g/mol. The van der Waals surface area contributed by atoms with Gasteiger partial charge in [0.2, 0.25) is 0 Å². The molecule has 1 saturated heterocycles. The third kappa shape index (κ3) is 2.53. The van der Waals surface area contributed by atoms with E-state index < -0.39 is 0 Å². The molecule has 94 valence electrons. The molecule has 0 spiro atoms. The zero-order chi connectivity index (χ0) is 11.8. The summed E-state index contributed by atoms with van der Waals surface area (Å²) < 4.78 is 2.35. The summed E-state index contributed by atoms with van der Waals surface area (Å²) in [5.41, 5.74) is 7.45. The molecule has 2 heterocycles. The van der Waals surface area contributed by atoms with Crippen molar-refractivity contribution in [1.82, 2.24) is 14.5 Å². The first kappa shape index (κ1) is 11.2. The van der Waals surface area contributed by atoms with E-state index in [1.54, 1.807) is 0 Å². The summed E-state index contributed by atoms with van der Waals surface area (Å²) in [5, 5.41) is 0. The smallest absolute Gasteiger partial charge is 0.0951 e. The molecule has 1 saturated carbocycles. The van der Waals surface area contributed by atoms with Crippen LogP contribution in [0.2, 0.25) is 0 Å². The zero-order valence-electron chi connectivity index (χ0n) is 10.5. The average molecular weight is 234 g/mol. The van der Waals surface area contributed by atoms with Gasteiger partial charge in [0, 0.05) is 37.9 Å². The van der Waals surface area contributed by atoms with Gasteiger partial charge < -0.3 is 10.3 Å². The molecule has 0 radical (unpaired) electrons. The normalized spacial score (nSPS) is 30.7. The Kier molecular flexibility index (Phi) is 2.92. The fraction of sp³-hybridized carbons (Fsp3) is 0.769. The second-order valence-corrected chi connectivity index (χ2v) is 5.82. The van der Waals surface area contributed by atoms with E-state index in [1.807, 2.05) is 12.5 Å². The van der Waals surface area contributed by atoms with Gasteiger partial charge in [-0.1, -0.05) is 6.92 Å². The Bertz CT molecular complexity index is 373. The molecule has 2 atom stereocenters. The quantitative estimate of drug-likeness (QED) is 0.859. The molecule has 2 unspecified atom stereocenters. The molecule has 0 aromatic carbocycles. The van der Waals surface area contributed by atoms with Gasteiger partial charge in [-0.3, -0.25) is 4.90 Å². The van der Waals surface area contributed by atoms with Gasteiger partial charge >= 0.3 is 0 Å². The average Bonchev–Trinajstić information content (AvgIpc) is 2.99. The Morgan fingerprint density at radius 1 is 1.41 bits per heavy atom. The van der Waals surface area contributed by atoms with Crippen molar-refractivity contribution in [2.24, 2.45) is 11.7 Å². The van der Waals surface area contributed by atoms with Crippen LogP contribution in [0.15, 0.2) is 12.5 Å². The van der Waals surface area contributed by atoms with Crippen LogP contribution in [0.25, 0.3) is 0 Å². The highest BCUT2D eigenvalue weighted by molar-refractivity contribution is 5.04. The SMILES string of the molecule is CC1CC(N)CN(Cc2cncn2C2CC2)C1. The van der Waals surface area contributed by atoms with Crippen molar-refractivity contribution in [3.63, 3.8) is 0 Å². The fourth-order valence-electron chi connectivity index (χ4n) is 3.01.